The zero-order valence-corrected chi connectivity index (χ0v) is 14.5. The number of benzene rings is 2. The Kier molecular flexibility index (Phi) is 5.24. The Balaban J connectivity index is 2.25. The number of rotatable bonds is 4. The number of aliphatic hydroxyl groups excluding tert-OH is 1. The highest BCUT2D eigenvalue weighted by atomic mass is 79.9. The van der Waals surface area contributed by atoms with Gasteiger partial charge >= 0.3 is 0 Å². The summed E-state index contributed by atoms with van der Waals surface area (Å²) in [6.07, 6.45) is -0.0345. The fourth-order valence-corrected chi connectivity index (χ4v) is 3.22. The maximum absolute atomic E-state index is 10.4. The molecule has 0 saturated heterocycles. The van der Waals surface area contributed by atoms with Crippen molar-refractivity contribution in [1.82, 2.24) is 0 Å². The van der Waals surface area contributed by atoms with Crippen LogP contribution in [0.2, 0.25) is 0 Å². The third-order valence-corrected chi connectivity index (χ3v) is 4.64. The molecule has 1 unspecified atom stereocenters. The molecule has 0 amide bonds. The van der Waals surface area contributed by atoms with Crippen LogP contribution in [-0.4, -0.2) is 12.2 Å². The highest BCUT2D eigenvalue weighted by Crippen LogP contribution is 2.30. The molecule has 0 radical (unpaired) electrons. The minimum atomic E-state index is -0.562. The van der Waals surface area contributed by atoms with Crippen molar-refractivity contribution in [2.75, 3.05) is 7.11 Å². The zero-order valence-electron chi connectivity index (χ0n) is 11.4. The first kappa shape index (κ1) is 15.5. The first-order valence-electron chi connectivity index (χ1n) is 6.28. The first-order chi connectivity index (χ1) is 9.51. The maximum atomic E-state index is 10.4. The average Bonchev–Trinajstić information content (AvgIpc) is 2.41. The summed E-state index contributed by atoms with van der Waals surface area (Å²) in [5.74, 6) is 0.790. The second-order valence-electron chi connectivity index (χ2n) is 4.70. The molecule has 2 aromatic carbocycles. The zero-order chi connectivity index (χ0) is 14.7. The second kappa shape index (κ2) is 6.74. The second-order valence-corrected chi connectivity index (χ2v) is 6.41. The molecule has 2 aromatic rings. The predicted octanol–water partition coefficient (Wildman–Crippen LogP) is 4.80. The third-order valence-electron chi connectivity index (χ3n) is 3.18. The third kappa shape index (κ3) is 3.62. The smallest absolute Gasteiger partial charge is 0.119 e. The Morgan fingerprint density at radius 3 is 2.50 bits per heavy atom. The fourth-order valence-electron chi connectivity index (χ4n) is 2.06. The first-order valence-corrected chi connectivity index (χ1v) is 7.86. The van der Waals surface area contributed by atoms with Crippen LogP contribution < -0.4 is 4.74 Å². The SMILES string of the molecule is COc1ccc(Br)c(CC(O)c2ccc(C)cc2Br)c1. The summed E-state index contributed by atoms with van der Waals surface area (Å²) < 4.78 is 7.13. The molecule has 1 N–H and O–H groups in total. The minimum Gasteiger partial charge on any atom is -0.497 e. The van der Waals surface area contributed by atoms with Crippen LogP contribution in [0.25, 0.3) is 0 Å². The topological polar surface area (TPSA) is 29.5 Å². The number of halogens is 2. The van der Waals surface area contributed by atoms with Crippen LogP contribution in [0.5, 0.6) is 5.75 Å². The van der Waals surface area contributed by atoms with Gasteiger partial charge in [-0.25, -0.2) is 0 Å². The van der Waals surface area contributed by atoms with Gasteiger partial charge in [-0.2, -0.15) is 0 Å². The molecule has 106 valence electrons. The normalized spacial score (nSPS) is 12.2. The van der Waals surface area contributed by atoms with E-state index < -0.39 is 6.10 Å². The standard InChI is InChI=1S/C16H16Br2O2/c1-10-3-5-13(15(18)7-10)16(19)9-11-8-12(20-2)4-6-14(11)17/h3-8,16,19H,9H2,1-2H3. The van der Waals surface area contributed by atoms with Crippen molar-refractivity contribution in [3.8, 4) is 5.75 Å². The molecule has 0 saturated carbocycles. The van der Waals surface area contributed by atoms with Gasteiger partial charge in [-0.1, -0.05) is 44.0 Å². The molecule has 1 atom stereocenters. The van der Waals surface area contributed by atoms with Crippen molar-refractivity contribution >= 4 is 31.9 Å². The predicted molar refractivity (Wildman–Crippen MR) is 88.2 cm³/mol. The van der Waals surface area contributed by atoms with E-state index in [0.29, 0.717) is 6.42 Å². The molecular weight excluding hydrogens is 384 g/mol. The Hall–Kier alpha value is -0.840. The lowest BCUT2D eigenvalue weighted by atomic mass is 10.0. The van der Waals surface area contributed by atoms with Gasteiger partial charge in [-0.3, -0.25) is 0 Å². The molecule has 0 spiro atoms. The molecule has 0 aliphatic heterocycles. The summed E-state index contributed by atoms with van der Waals surface area (Å²) in [5.41, 5.74) is 3.07. The van der Waals surface area contributed by atoms with E-state index in [1.54, 1.807) is 7.11 Å². The van der Waals surface area contributed by atoms with E-state index in [-0.39, 0.29) is 0 Å². The molecule has 0 bridgehead atoms. The molecule has 0 aliphatic rings. The number of methoxy groups -OCH3 is 1. The van der Waals surface area contributed by atoms with Crippen molar-refractivity contribution in [2.45, 2.75) is 19.4 Å². The summed E-state index contributed by atoms with van der Waals surface area (Å²) in [7, 11) is 1.64. The summed E-state index contributed by atoms with van der Waals surface area (Å²) in [6, 6.07) is 11.7. The molecular formula is C16H16Br2O2. The lowest BCUT2D eigenvalue weighted by molar-refractivity contribution is 0.177. The largest absolute Gasteiger partial charge is 0.497 e. The van der Waals surface area contributed by atoms with E-state index in [2.05, 4.69) is 31.9 Å². The molecule has 2 rings (SSSR count). The number of hydrogen-bond acceptors (Lipinski definition) is 2. The van der Waals surface area contributed by atoms with Gasteiger partial charge in [0, 0.05) is 15.4 Å². The summed E-state index contributed by atoms with van der Waals surface area (Å²) in [5, 5.41) is 10.4. The Morgan fingerprint density at radius 2 is 1.85 bits per heavy atom. The molecule has 20 heavy (non-hydrogen) atoms. The van der Waals surface area contributed by atoms with E-state index in [0.717, 1.165) is 31.4 Å². The van der Waals surface area contributed by atoms with Gasteiger partial charge < -0.3 is 9.84 Å². The fraction of sp³-hybridized carbons (Fsp3) is 0.250. The van der Waals surface area contributed by atoms with E-state index in [9.17, 15) is 5.11 Å². The Bertz CT molecular complexity index is 611. The van der Waals surface area contributed by atoms with E-state index in [4.69, 9.17) is 4.74 Å². The van der Waals surface area contributed by atoms with E-state index >= 15 is 0 Å². The molecule has 4 heteroatoms. The lowest BCUT2D eigenvalue weighted by Crippen LogP contribution is -2.04. The number of hydrogen-bond donors (Lipinski definition) is 1. The quantitative estimate of drug-likeness (QED) is 0.799. The van der Waals surface area contributed by atoms with Gasteiger partial charge in [0.1, 0.15) is 5.75 Å². The highest BCUT2D eigenvalue weighted by Gasteiger charge is 2.14. The van der Waals surface area contributed by atoms with E-state index in [1.807, 2.05) is 43.3 Å². The molecule has 2 nitrogen and oxygen atoms in total. The number of aryl methyl sites for hydroxylation is 1. The monoisotopic (exact) mass is 398 g/mol. The van der Waals surface area contributed by atoms with Crippen molar-refractivity contribution < 1.29 is 9.84 Å². The number of aliphatic hydroxyl groups is 1. The summed E-state index contributed by atoms with van der Waals surface area (Å²) in [6.45, 7) is 2.03. The number of ether oxygens (including phenoxy) is 1. The lowest BCUT2D eigenvalue weighted by Gasteiger charge is -2.15. The van der Waals surface area contributed by atoms with Crippen LogP contribution in [0.4, 0.5) is 0 Å². The highest BCUT2D eigenvalue weighted by molar-refractivity contribution is 9.10. The van der Waals surface area contributed by atoms with Crippen molar-refractivity contribution in [3.63, 3.8) is 0 Å². The van der Waals surface area contributed by atoms with Crippen LogP contribution in [0.1, 0.15) is 22.8 Å². The molecule has 0 aromatic heterocycles. The minimum absolute atomic E-state index is 0.527. The van der Waals surface area contributed by atoms with Crippen LogP contribution in [0.3, 0.4) is 0 Å². The molecule has 0 aliphatic carbocycles. The maximum Gasteiger partial charge on any atom is 0.119 e. The van der Waals surface area contributed by atoms with E-state index in [1.165, 1.54) is 0 Å². The van der Waals surface area contributed by atoms with Crippen LogP contribution in [0, 0.1) is 6.92 Å². The summed E-state index contributed by atoms with van der Waals surface area (Å²) >= 11 is 7.02. The van der Waals surface area contributed by atoms with Gasteiger partial charge in [-0.15, -0.1) is 0 Å². The molecule has 0 fully saturated rings. The van der Waals surface area contributed by atoms with Gasteiger partial charge in [-0.05, 0) is 47.9 Å². The summed E-state index contributed by atoms with van der Waals surface area (Å²) in [4.78, 5) is 0. The van der Waals surface area contributed by atoms with Gasteiger partial charge in [0.25, 0.3) is 0 Å². The van der Waals surface area contributed by atoms with Crippen molar-refractivity contribution in [3.05, 3.63) is 62.0 Å². The van der Waals surface area contributed by atoms with Crippen LogP contribution >= 0.6 is 31.9 Å². The Morgan fingerprint density at radius 1 is 1.10 bits per heavy atom. The van der Waals surface area contributed by atoms with Crippen LogP contribution in [0.15, 0.2) is 45.3 Å². The van der Waals surface area contributed by atoms with Gasteiger partial charge in [0.05, 0.1) is 13.2 Å². The van der Waals surface area contributed by atoms with Gasteiger partial charge in [0.2, 0.25) is 0 Å². The van der Waals surface area contributed by atoms with Gasteiger partial charge in [0.15, 0.2) is 0 Å². The van der Waals surface area contributed by atoms with Crippen molar-refractivity contribution in [2.24, 2.45) is 0 Å². The molecule has 0 heterocycles. The van der Waals surface area contributed by atoms with Crippen molar-refractivity contribution in [1.29, 1.82) is 0 Å². The van der Waals surface area contributed by atoms with Crippen LogP contribution in [-0.2, 0) is 6.42 Å². The average molecular weight is 400 g/mol. The Labute approximate surface area is 136 Å².